The van der Waals surface area contributed by atoms with E-state index in [4.69, 9.17) is 21.7 Å². The standard InChI is InChI=1S/C17H14N2O3S2/c20-16-15(7-11-3-4-13-14(6-11)22-10-21-13)24-17(23)19(16)9-12-2-1-5-18-8-12/h1-6,8,15H,7,9-10H2/t15-/m1/s1. The molecule has 1 atom stereocenters. The molecular formula is C17H14N2O3S2. The number of benzene rings is 1. The lowest BCUT2D eigenvalue weighted by atomic mass is 10.1. The number of thioether (sulfide) groups is 1. The lowest BCUT2D eigenvalue weighted by Crippen LogP contribution is -2.31. The molecule has 0 bridgehead atoms. The van der Waals surface area contributed by atoms with Crippen LogP contribution in [0.3, 0.4) is 0 Å². The van der Waals surface area contributed by atoms with Crippen molar-refractivity contribution >= 4 is 34.2 Å². The van der Waals surface area contributed by atoms with E-state index in [9.17, 15) is 4.79 Å². The molecule has 1 aromatic heterocycles. The third-order valence-corrected chi connectivity index (χ3v) is 5.51. The second kappa shape index (κ2) is 6.41. The molecule has 1 amide bonds. The second-order valence-electron chi connectivity index (χ2n) is 5.55. The van der Waals surface area contributed by atoms with Gasteiger partial charge in [-0.25, -0.2) is 0 Å². The minimum absolute atomic E-state index is 0.0477. The molecule has 2 aliphatic rings. The number of pyridine rings is 1. The van der Waals surface area contributed by atoms with Gasteiger partial charge in [0.2, 0.25) is 12.7 Å². The molecule has 7 heteroatoms. The Bertz CT molecular complexity index is 798. The van der Waals surface area contributed by atoms with E-state index in [0.29, 0.717) is 17.3 Å². The molecular weight excluding hydrogens is 344 g/mol. The highest BCUT2D eigenvalue weighted by Gasteiger charge is 2.37. The summed E-state index contributed by atoms with van der Waals surface area (Å²) in [7, 11) is 0. The number of nitrogens with zero attached hydrogens (tertiary/aromatic N) is 2. The fourth-order valence-corrected chi connectivity index (χ4v) is 4.26. The average Bonchev–Trinajstić information content (AvgIpc) is 3.16. The first-order chi connectivity index (χ1) is 11.7. The van der Waals surface area contributed by atoms with E-state index in [-0.39, 0.29) is 18.0 Å². The monoisotopic (exact) mass is 358 g/mol. The Morgan fingerprint density at radius 1 is 1.25 bits per heavy atom. The molecule has 0 radical (unpaired) electrons. The van der Waals surface area contributed by atoms with Crippen molar-refractivity contribution in [3.8, 4) is 11.5 Å². The lowest BCUT2D eigenvalue weighted by Gasteiger charge is -2.15. The first-order valence-corrected chi connectivity index (χ1v) is 8.79. The van der Waals surface area contributed by atoms with Gasteiger partial charge in [0.25, 0.3) is 0 Å². The van der Waals surface area contributed by atoms with E-state index < -0.39 is 0 Å². The van der Waals surface area contributed by atoms with Crippen LogP contribution < -0.4 is 9.47 Å². The number of fused-ring (bicyclic) bond motifs is 1. The fourth-order valence-electron chi connectivity index (χ4n) is 2.73. The summed E-state index contributed by atoms with van der Waals surface area (Å²) in [5.41, 5.74) is 2.01. The molecule has 2 aliphatic heterocycles. The molecule has 2 aromatic rings. The van der Waals surface area contributed by atoms with Crippen molar-refractivity contribution in [1.29, 1.82) is 0 Å². The largest absolute Gasteiger partial charge is 0.454 e. The maximum absolute atomic E-state index is 12.7. The second-order valence-corrected chi connectivity index (χ2v) is 7.39. The van der Waals surface area contributed by atoms with Gasteiger partial charge in [0.15, 0.2) is 11.5 Å². The zero-order valence-electron chi connectivity index (χ0n) is 12.7. The Balaban J connectivity index is 1.47. The summed E-state index contributed by atoms with van der Waals surface area (Å²) in [5, 5.41) is -0.199. The van der Waals surface area contributed by atoms with Crippen LogP contribution in [0.2, 0.25) is 0 Å². The van der Waals surface area contributed by atoms with Gasteiger partial charge in [0.05, 0.1) is 11.8 Å². The van der Waals surface area contributed by atoms with Crippen LogP contribution in [0.4, 0.5) is 0 Å². The van der Waals surface area contributed by atoms with Crippen molar-refractivity contribution in [2.45, 2.75) is 18.2 Å². The van der Waals surface area contributed by atoms with Gasteiger partial charge in [-0.1, -0.05) is 36.1 Å². The van der Waals surface area contributed by atoms with Gasteiger partial charge >= 0.3 is 0 Å². The summed E-state index contributed by atoms with van der Waals surface area (Å²) < 4.78 is 11.3. The van der Waals surface area contributed by atoms with Gasteiger partial charge in [-0.3, -0.25) is 14.7 Å². The van der Waals surface area contributed by atoms with Crippen LogP contribution in [0.1, 0.15) is 11.1 Å². The molecule has 0 N–H and O–H groups in total. The molecule has 122 valence electrons. The van der Waals surface area contributed by atoms with Crippen molar-refractivity contribution in [3.05, 3.63) is 53.9 Å². The summed E-state index contributed by atoms with van der Waals surface area (Å²) >= 11 is 6.84. The predicted molar refractivity (Wildman–Crippen MR) is 95.0 cm³/mol. The van der Waals surface area contributed by atoms with Gasteiger partial charge < -0.3 is 9.47 Å². The molecule has 0 unspecified atom stereocenters. The molecule has 0 aliphatic carbocycles. The van der Waals surface area contributed by atoms with Crippen molar-refractivity contribution < 1.29 is 14.3 Å². The molecule has 0 saturated carbocycles. The Morgan fingerprint density at radius 3 is 2.96 bits per heavy atom. The smallest absolute Gasteiger partial charge is 0.242 e. The van der Waals surface area contributed by atoms with Crippen molar-refractivity contribution in [2.75, 3.05) is 6.79 Å². The van der Waals surface area contributed by atoms with Crippen LogP contribution in [0.5, 0.6) is 11.5 Å². The summed E-state index contributed by atoms with van der Waals surface area (Å²) in [6.07, 6.45) is 4.08. The first-order valence-electron chi connectivity index (χ1n) is 7.50. The van der Waals surface area contributed by atoms with Crippen LogP contribution in [0.15, 0.2) is 42.7 Å². The van der Waals surface area contributed by atoms with E-state index in [1.165, 1.54) is 11.8 Å². The molecule has 5 nitrogen and oxygen atoms in total. The molecule has 1 fully saturated rings. The Labute approximate surface area is 149 Å². The van der Waals surface area contributed by atoms with Crippen molar-refractivity contribution in [1.82, 2.24) is 9.88 Å². The Hall–Kier alpha value is -2.12. The Kier molecular flexibility index (Phi) is 4.12. The minimum Gasteiger partial charge on any atom is -0.454 e. The number of ether oxygens (including phenoxy) is 2. The van der Waals surface area contributed by atoms with Gasteiger partial charge in [-0.2, -0.15) is 0 Å². The number of carbonyl (C=O) groups is 1. The summed E-state index contributed by atoms with van der Waals surface area (Å²) in [6.45, 7) is 0.717. The normalized spacial score (nSPS) is 19.2. The average molecular weight is 358 g/mol. The predicted octanol–water partition coefficient (Wildman–Crippen LogP) is 2.78. The number of carbonyl (C=O) groups excluding carboxylic acids is 1. The van der Waals surface area contributed by atoms with E-state index in [1.807, 2.05) is 30.3 Å². The fraction of sp³-hybridized carbons (Fsp3) is 0.235. The van der Waals surface area contributed by atoms with E-state index in [0.717, 1.165) is 22.6 Å². The minimum atomic E-state index is -0.199. The third-order valence-electron chi connectivity index (χ3n) is 3.93. The van der Waals surface area contributed by atoms with Crippen LogP contribution in [-0.2, 0) is 17.8 Å². The van der Waals surface area contributed by atoms with Gasteiger partial charge in [0.1, 0.15) is 4.32 Å². The maximum atomic E-state index is 12.7. The molecule has 0 spiro atoms. The lowest BCUT2D eigenvalue weighted by molar-refractivity contribution is -0.126. The number of hydrogen-bond donors (Lipinski definition) is 0. The molecule has 24 heavy (non-hydrogen) atoms. The molecule has 1 saturated heterocycles. The zero-order valence-corrected chi connectivity index (χ0v) is 14.3. The summed E-state index contributed by atoms with van der Waals surface area (Å²) in [4.78, 5) is 18.4. The van der Waals surface area contributed by atoms with E-state index in [2.05, 4.69) is 4.98 Å². The SMILES string of the molecule is O=C1[C@@H](Cc2ccc3c(c2)OCO3)SC(=S)N1Cc1cccnc1. The number of aromatic nitrogens is 1. The van der Waals surface area contributed by atoms with Crippen LogP contribution in [0.25, 0.3) is 0 Å². The Morgan fingerprint density at radius 2 is 2.12 bits per heavy atom. The zero-order chi connectivity index (χ0) is 16.5. The summed E-state index contributed by atoms with van der Waals surface area (Å²) in [6, 6.07) is 9.58. The van der Waals surface area contributed by atoms with Crippen LogP contribution >= 0.6 is 24.0 Å². The highest BCUT2D eigenvalue weighted by atomic mass is 32.2. The van der Waals surface area contributed by atoms with Gasteiger partial charge in [-0.15, -0.1) is 0 Å². The maximum Gasteiger partial charge on any atom is 0.242 e. The quantitative estimate of drug-likeness (QED) is 0.784. The van der Waals surface area contributed by atoms with Gasteiger partial charge in [0, 0.05) is 12.4 Å². The number of hydrogen-bond acceptors (Lipinski definition) is 6. The number of thiocarbonyl (C=S) groups is 1. The van der Waals surface area contributed by atoms with Crippen molar-refractivity contribution in [2.24, 2.45) is 0 Å². The third kappa shape index (κ3) is 2.97. The summed E-state index contributed by atoms with van der Waals surface area (Å²) in [5.74, 6) is 1.53. The van der Waals surface area contributed by atoms with Crippen LogP contribution in [-0.4, -0.2) is 32.2 Å². The molecule has 1 aromatic carbocycles. The topological polar surface area (TPSA) is 51.7 Å². The molecule has 3 heterocycles. The van der Waals surface area contributed by atoms with Gasteiger partial charge in [-0.05, 0) is 35.7 Å². The molecule has 4 rings (SSSR count). The highest BCUT2D eigenvalue weighted by molar-refractivity contribution is 8.24. The van der Waals surface area contributed by atoms with E-state index in [1.54, 1.807) is 17.3 Å². The highest BCUT2D eigenvalue weighted by Crippen LogP contribution is 2.35. The van der Waals surface area contributed by atoms with Crippen LogP contribution in [0, 0.1) is 0 Å². The van der Waals surface area contributed by atoms with E-state index >= 15 is 0 Å². The van der Waals surface area contributed by atoms with Crippen molar-refractivity contribution in [3.63, 3.8) is 0 Å². The number of rotatable bonds is 4. The number of amides is 1. The first kappa shape index (κ1) is 15.4.